The van der Waals surface area contributed by atoms with E-state index in [0.29, 0.717) is 5.56 Å². The van der Waals surface area contributed by atoms with Crippen molar-refractivity contribution < 1.29 is 4.39 Å². The predicted molar refractivity (Wildman–Crippen MR) is 122 cm³/mol. The van der Waals surface area contributed by atoms with Crippen molar-refractivity contribution in [3.05, 3.63) is 65.0 Å². The average Bonchev–Trinajstić information content (AvgIpc) is 2.70. The molecule has 0 heterocycles. The molecule has 0 aromatic heterocycles. The largest absolute Gasteiger partial charge is 0.388 e. The molecule has 0 saturated heterocycles. The zero-order valence-electron chi connectivity index (χ0n) is 18.3. The van der Waals surface area contributed by atoms with E-state index < -0.39 is 0 Å². The molecule has 3 heteroatoms. The van der Waals surface area contributed by atoms with Crippen molar-refractivity contribution in [2.45, 2.75) is 52.9 Å². The third kappa shape index (κ3) is 4.95. The lowest BCUT2D eigenvalue weighted by molar-refractivity contribution is 0.463. The second-order valence-corrected chi connectivity index (χ2v) is 7.70. The van der Waals surface area contributed by atoms with Gasteiger partial charge in [-0.1, -0.05) is 43.7 Å². The van der Waals surface area contributed by atoms with Gasteiger partial charge in [-0.2, -0.15) is 0 Å². The maximum Gasteiger partial charge on any atom is 0.132 e. The summed E-state index contributed by atoms with van der Waals surface area (Å²) in [7, 11) is 1.97. The van der Waals surface area contributed by atoms with Crippen molar-refractivity contribution in [1.29, 1.82) is 0 Å². The number of hydrogen-bond donors (Lipinski definition) is 1. The van der Waals surface area contributed by atoms with Crippen LogP contribution in [0.4, 0.5) is 15.8 Å². The Morgan fingerprint density at radius 1 is 1.07 bits per heavy atom. The normalized spacial score (nSPS) is 13.5. The Hall–Kier alpha value is -2.29. The van der Waals surface area contributed by atoms with Gasteiger partial charge in [0.2, 0.25) is 0 Å². The summed E-state index contributed by atoms with van der Waals surface area (Å²) in [5, 5.41) is 3.32. The van der Waals surface area contributed by atoms with Crippen LogP contribution in [0.3, 0.4) is 0 Å². The Morgan fingerprint density at radius 3 is 2.36 bits per heavy atom. The molecular formula is C25H35FN2. The highest BCUT2D eigenvalue weighted by Gasteiger charge is 2.26. The number of nitrogens with zero attached hydrogens (tertiary/aromatic N) is 1. The van der Waals surface area contributed by atoms with E-state index in [4.69, 9.17) is 0 Å². The molecule has 2 rings (SSSR count). The molecule has 1 atom stereocenters. The van der Waals surface area contributed by atoms with Crippen LogP contribution in [0, 0.1) is 12.7 Å². The molecule has 0 amide bonds. The van der Waals surface area contributed by atoms with Crippen LogP contribution in [0.1, 0.15) is 57.2 Å². The molecule has 2 aromatic rings. The van der Waals surface area contributed by atoms with Gasteiger partial charge in [-0.15, -0.1) is 0 Å². The van der Waals surface area contributed by atoms with E-state index in [2.05, 4.69) is 69.1 Å². The first kappa shape index (κ1) is 22.0. The van der Waals surface area contributed by atoms with Crippen LogP contribution < -0.4 is 10.2 Å². The van der Waals surface area contributed by atoms with Crippen molar-refractivity contribution in [2.24, 2.45) is 0 Å². The van der Waals surface area contributed by atoms with E-state index >= 15 is 0 Å². The van der Waals surface area contributed by atoms with E-state index in [1.165, 1.54) is 11.1 Å². The minimum Gasteiger partial charge on any atom is -0.388 e. The highest BCUT2D eigenvalue weighted by atomic mass is 19.1. The van der Waals surface area contributed by atoms with E-state index in [0.717, 1.165) is 37.3 Å². The summed E-state index contributed by atoms with van der Waals surface area (Å²) in [6, 6.07) is 12.1. The molecule has 0 aliphatic rings. The molecule has 28 heavy (non-hydrogen) atoms. The van der Waals surface area contributed by atoms with Crippen LogP contribution in [0.2, 0.25) is 0 Å². The number of nitrogens with one attached hydrogen (secondary N) is 1. The Morgan fingerprint density at radius 2 is 1.79 bits per heavy atom. The van der Waals surface area contributed by atoms with Crippen molar-refractivity contribution in [3.8, 4) is 0 Å². The molecule has 1 N–H and O–H groups in total. The minimum absolute atomic E-state index is 0.00149. The number of anilines is 2. The third-order valence-electron chi connectivity index (χ3n) is 5.85. The fraction of sp³-hybridized carbons (Fsp3) is 0.440. The summed E-state index contributed by atoms with van der Waals surface area (Å²) < 4.78 is 14.6. The van der Waals surface area contributed by atoms with E-state index in [-0.39, 0.29) is 11.2 Å². The Bertz CT molecular complexity index is 808. The molecule has 0 radical (unpaired) electrons. The zero-order chi connectivity index (χ0) is 20.7. The zero-order valence-corrected chi connectivity index (χ0v) is 18.3. The van der Waals surface area contributed by atoms with Gasteiger partial charge in [0.25, 0.3) is 0 Å². The van der Waals surface area contributed by atoms with Gasteiger partial charge in [0.15, 0.2) is 0 Å². The summed E-state index contributed by atoms with van der Waals surface area (Å²) in [6.45, 7) is 12.6. The second kappa shape index (κ2) is 9.77. The van der Waals surface area contributed by atoms with Crippen LogP contribution in [0.25, 0.3) is 6.08 Å². The van der Waals surface area contributed by atoms with E-state index in [1.54, 1.807) is 6.07 Å². The summed E-state index contributed by atoms with van der Waals surface area (Å²) in [6.07, 6.45) is 5.91. The third-order valence-corrected chi connectivity index (χ3v) is 5.85. The van der Waals surface area contributed by atoms with E-state index in [1.807, 2.05) is 25.3 Å². The second-order valence-electron chi connectivity index (χ2n) is 7.70. The van der Waals surface area contributed by atoms with Gasteiger partial charge in [0.1, 0.15) is 5.82 Å². The number of aryl methyl sites for hydroxylation is 1. The van der Waals surface area contributed by atoms with Gasteiger partial charge in [0.05, 0.1) is 0 Å². The van der Waals surface area contributed by atoms with Gasteiger partial charge >= 0.3 is 0 Å². The van der Waals surface area contributed by atoms with Crippen molar-refractivity contribution in [1.82, 2.24) is 0 Å². The quantitative estimate of drug-likeness (QED) is 0.513. The van der Waals surface area contributed by atoms with Gasteiger partial charge in [-0.25, -0.2) is 4.39 Å². The van der Waals surface area contributed by atoms with Crippen LogP contribution in [-0.2, 0) is 5.41 Å². The molecule has 0 bridgehead atoms. The van der Waals surface area contributed by atoms with Gasteiger partial charge in [-0.05, 0) is 68.9 Å². The maximum atomic E-state index is 14.6. The molecule has 152 valence electrons. The van der Waals surface area contributed by atoms with Gasteiger partial charge < -0.3 is 10.2 Å². The molecule has 1 unspecified atom stereocenters. The summed E-state index contributed by atoms with van der Waals surface area (Å²) in [4.78, 5) is 2.15. The number of rotatable bonds is 9. The molecule has 2 aromatic carbocycles. The van der Waals surface area contributed by atoms with Crippen LogP contribution in [-0.4, -0.2) is 20.1 Å². The Balaban J connectivity index is 2.23. The highest BCUT2D eigenvalue weighted by Crippen LogP contribution is 2.37. The topological polar surface area (TPSA) is 15.3 Å². The van der Waals surface area contributed by atoms with Crippen molar-refractivity contribution in [3.63, 3.8) is 0 Å². The standard InChI is InChI=1S/C25H35FN2/c1-7-25(5,22-17-19(4)12-15-24(22)27-6)16-10-11-20-13-14-21(18-23(20)26)28(8-2)9-3/h10-15,17-18,27H,7-9,16H2,1-6H3/b11-10+. The smallest absolute Gasteiger partial charge is 0.132 e. The van der Waals surface area contributed by atoms with Gasteiger partial charge in [0, 0.05) is 37.1 Å². The lowest BCUT2D eigenvalue weighted by Crippen LogP contribution is -2.22. The lowest BCUT2D eigenvalue weighted by atomic mass is 9.76. The number of benzene rings is 2. The summed E-state index contributed by atoms with van der Waals surface area (Å²) in [5.74, 6) is -0.162. The fourth-order valence-corrected chi connectivity index (χ4v) is 3.70. The molecule has 0 aliphatic carbocycles. The molecular weight excluding hydrogens is 347 g/mol. The van der Waals surface area contributed by atoms with Crippen LogP contribution in [0.5, 0.6) is 0 Å². The minimum atomic E-state index is -0.162. The van der Waals surface area contributed by atoms with Crippen LogP contribution in [0.15, 0.2) is 42.5 Å². The predicted octanol–water partition coefficient (Wildman–Crippen LogP) is 6.79. The maximum absolute atomic E-state index is 14.6. The summed E-state index contributed by atoms with van der Waals surface area (Å²) >= 11 is 0. The first-order valence-electron chi connectivity index (χ1n) is 10.4. The Labute approximate surface area is 170 Å². The number of hydrogen-bond acceptors (Lipinski definition) is 2. The first-order chi connectivity index (χ1) is 13.4. The number of halogens is 1. The van der Waals surface area contributed by atoms with Crippen molar-refractivity contribution >= 4 is 17.5 Å². The average molecular weight is 383 g/mol. The van der Waals surface area contributed by atoms with Crippen molar-refractivity contribution in [2.75, 3.05) is 30.4 Å². The number of allylic oxidation sites excluding steroid dienone is 1. The molecule has 0 saturated carbocycles. The van der Waals surface area contributed by atoms with E-state index in [9.17, 15) is 4.39 Å². The SMILES string of the molecule is CCN(CC)c1ccc(/C=C/CC(C)(CC)c2cc(C)ccc2NC)c(F)c1. The molecule has 2 nitrogen and oxygen atoms in total. The highest BCUT2D eigenvalue weighted by molar-refractivity contribution is 5.58. The fourth-order valence-electron chi connectivity index (χ4n) is 3.70. The molecule has 0 fully saturated rings. The lowest BCUT2D eigenvalue weighted by Gasteiger charge is -2.30. The van der Waals surface area contributed by atoms with Crippen LogP contribution >= 0.6 is 0 Å². The Kier molecular flexibility index (Phi) is 7.68. The summed E-state index contributed by atoms with van der Waals surface area (Å²) in [5.41, 5.74) is 5.33. The first-order valence-corrected chi connectivity index (χ1v) is 10.4. The molecule has 0 spiro atoms. The van der Waals surface area contributed by atoms with Gasteiger partial charge in [-0.3, -0.25) is 0 Å². The monoisotopic (exact) mass is 382 g/mol. The molecule has 0 aliphatic heterocycles.